The van der Waals surface area contributed by atoms with Crippen molar-refractivity contribution in [3.8, 4) is 11.3 Å². The summed E-state index contributed by atoms with van der Waals surface area (Å²) >= 11 is 0. The summed E-state index contributed by atoms with van der Waals surface area (Å²) in [6, 6.07) is 7.86. The van der Waals surface area contributed by atoms with Gasteiger partial charge in [0.15, 0.2) is 0 Å². The molecule has 0 bridgehead atoms. The second-order valence-corrected chi connectivity index (χ2v) is 5.61. The van der Waals surface area contributed by atoms with Crippen LogP contribution in [-0.4, -0.2) is 46.1 Å². The van der Waals surface area contributed by atoms with Crippen molar-refractivity contribution in [2.24, 2.45) is 7.05 Å². The summed E-state index contributed by atoms with van der Waals surface area (Å²) in [6.45, 7) is 2.90. The average Bonchev–Trinajstić information content (AvgIpc) is 3.05. The van der Waals surface area contributed by atoms with Gasteiger partial charge in [-0.2, -0.15) is 10.1 Å². The number of hydrogen-bond donors (Lipinski definition) is 1. The monoisotopic (exact) mass is 311 g/mol. The van der Waals surface area contributed by atoms with E-state index < -0.39 is 0 Å². The molecule has 0 atom stereocenters. The largest absolute Gasteiger partial charge is 0.378 e. The molecule has 23 heavy (non-hydrogen) atoms. The fourth-order valence-corrected chi connectivity index (χ4v) is 2.87. The molecule has 7 heteroatoms. The van der Waals surface area contributed by atoms with Crippen molar-refractivity contribution in [1.82, 2.24) is 19.7 Å². The second kappa shape index (κ2) is 5.51. The third kappa shape index (κ3) is 2.49. The average molecular weight is 311 g/mol. The topological polar surface area (TPSA) is 76.0 Å². The number of ether oxygens (including phenoxy) is 1. The van der Waals surface area contributed by atoms with Crippen molar-refractivity contribution in [2.45, 2.75) is 0 Å². The van der Waals surface area contributed by atoms with Crippen molar-refractivity contribution in [2.75, 3.05) is 31.2 Å². The number of rotatable bonds is 2. The lowest BCUT2D eigenvalue weighted by Crippen LogP contribution is -2.39. The molecule has 2 aromatic heterocycles. The molecule has 1 aromatic carbocycles. The number of fused-ring (bicyclic) bond motifs is 1. The third-order valence-electron chi connectivity index (χ3n) is 4.18. The lowest BCUT2D eigenvalue weighted by atomic mass is 10.1. The fourth-order valence-electron chi connectivity index (χ4n) is 2.87. The Morgan fingerprint density at radius 1 is 1.22 bits per heavy atom. The van der Waals surface area contributed by atoms with E-state index >= 15 is 0 Å². The number of nitrogens with one attached hydrogen (secondary N) is 1. The quantitative estimate of drug-likeness (QED) is 0.768. The highest BCUT2D eigenvalue weighted by Gasteiger charge is 2.16. The molecule has 1 aliphatic heterocycles. The predicted octanol–water partition coefficient (Wildman–Crippen LogP) is 1.16. The van der Waals surface area contributed by atoms with Gasteiger partial charge in [0.2, 0.25) is 0 Å². The first-order valence-corrected chi connectivity index (χ1v) is 7.57. The minimum Gasteiger partial charge on any atom is -0.378 e. The van der Waals surface area contributed by atoms with Gasteiger partial charge in [0.25, 0.3) is 0 Å². The van der Waals surface area contributed by atoms with Crippen LogP contribution in [0, 0.1) is 0 Å². The number of benzene rings is 1. The second-order valence-electron chi connectivity index (χ2n) is 5.61. The van der Waals surface area contributed by atoms with Crippen LogP contribution in [0.5, 0.6) is 0 Å². The number of anilines is 1. The summed E-state index contributed by atoms with van der Waals surface area (Å²) < 4.78 is 6.98. The zero-order chi connectivity index (χ0) is 15.8. The van der Waals surface area contributed by atoms with Crippen LogP contribution in [0.1, 0.15) is 0 Å². The summed E-state index contributed by atoms with van der Waals surface area (Å²) in [5.74, 6) is 0.871. The Morgan fingerprint density at radius 2 is 2.04 bits per heavy atom. The van der Waals surface area contributed by atoms with Crippen molar-refractivity contribution < 1.29 is 4.74 Å². The standard InChI is InChI=1S/C16H17N5O2/c1-20-15(21-4-6-23-7-5-21)9-14(18-16(20)22)11-2-3-13-12(8-11)10-17-19-13/h2-3,8-10H,4-7H2,1H3,(H,17,19). The number of aromatic nitrogens is 4. The lowest BCUT2D eigenvalue weighted by Gasteiger charge is -2.30. The smallest absolute Gasteiger partial charge is 0.349 e. The molecule has 0 saturated carbocycles. The zero-order valence-electron chi connectivity index (χ0n) is 12.8. The zero-order valence-corrected chi connectivity index (χ0v) is 12.8. The van der Waals surface area contributed by atoms with E-state index in [0.717, 1.165) is 35.4 Å². The van der Waals surface area contributed by atoms with Gasteiger partial charge in [0, 0.05) is 37.2 Å². The number of nitrogens with zero attached hydrogens (tertiary/aromatic N) is 4. The summed E-state index contributed by atoms with van der Waals surface area (Å²) in [7, 11) is 1.75. The Labute approximate surface area is 132 Å². The molecule has 7 nitrogen and oxygen atoms in total. The molecule has 0 radical (unpaired) electrons. The first-order chi connectivity index (χ1) is 11.2. The van der Waals surface area contributed by atoms with Gasteiger partial charge in [0.1, 0.15) is 5.82 Å². The molecule has 0 spiro atoms. The molecule has 0 unspecified atom stereocenters. The summed E-state index contributed by atoms with van der Waals surface area (Å²) in [6.07, 6.45) is 1.77. The van der Waals surface area contributed by atoms with E-state index in [1.807, 2.05) is 24.3 Å². The molecule has 1 saturated heterocycles. The van der Waals surface area contributed by atoms with E-state index in [0.29, 0.717) is 18.9 Å². The maximum atomic E-state index is 12.3. The Morgan fingerprint density at radius 3 is 2.87 bits per heavy atom. The van der Waals surface area contributed by atoms with Gasteiger partial charge in [0.05, 0.1) is 30.6 Å². The van der Waals surface area contributed by atoms with Crippen LogP contribution in [-0.2, 0) is 11.8 Å². The first kappa shape index (κ1) is 14.0. The number of H-pyrrole nitrogens is 1. The normalized spacial score (nSPS) is 15.3. The number of hydrogen-bond acceptors (Lipinski definition) is 5. The molecule has 1 fully saturated rings. The van der Waals surface area contributed by atoms with E-state index in [1.165, 1.54) is 0 Å². The van der Waals surface area contributed by atoms with Crippen molar-refractivity contribution in [1.29, 1.82) is 0 Å². The van der Waals surface area contributed by atoms with Crippen LogP contribution in [0.25, 0.3) is 22.2 Å². The Bertz CT molecular complexity index is 908. The molecular formula is C16H17N5O2. The number of aromatic amines is 1. The van der Waals surface area contributed by atoms with Gasteiger partial charge in [-0.15, -0.1) is 0 Å². The Balaban J connectivity index is 1.81. The van der Waals surface area contributed by atoms with Crippen LogP contribution in [0.15, 0.2) is 35.3 Å². The van der Waals surface area contributed by atoms with Gasteiger partial charge in [-0.05, 0) is 12.1 Å². The summed E-state index contributed by atoms with van der Waals surface area (Å²) in [4.78, 5) is 18.6. The van der Waals surface area contributed by atoms with Crippen LogP contribution < -0.4 is 10.6 Å². The van der Waals surface area contributed by atoms with Crippen molar-refractivity contribution >= 4 is 16.7 Å². The minimum atomic E-state index is -0.253. The third-order valence-corrected chi connectivity index (χ3v) is 4.18. The molecule has 3 aromatic rings. The molecule has 3 heterocycles. The van der Waals surface area contributed by atoms with Crippen LogP contribution in [0.4, 0.5) is 5.82 Å². The Hall–Kier alpha value is -2.67. The van der Waals surface area contributed by atoms with Crippen molar-refractivity contribution in [3.05, 3.63) is 40.9 Å². The molecule has 4 rings (SSSR count). The predicted molar refractivity (Wildman–Crippen MR) is 87.6 cm³/mol. The Kier molecular flexibility index (Phi) is 3.34. The highest BCUT2D eigenvalue weighted by molar-refractivity contribution is 5.83. The van der Waals surface area contributed by atoms with E-state index in [-0.39, 0.29) is 5.69 Å². The first-order valence-electron chi connectivity index (χ1n) is 7.57. The van der Waals surface area contributed by atoms with Gasteiger partial charge in [-0.25, -0.2) is 4.79 Å². The molecule has 1 aliphatic rings. The molecule has 0 amide bonds. The number of morpholine rings is 1. The van der Waals surface area contributed by atoms with E-state index in [9.17, 15) is 4.79 Å². The molecule has 1 N–H and O–H groups in total. The summed E-state index contributed by atoms with van der Waals surface area (Å²) in [5.41, 5.74) is 2.30. The van der Waals surface area contributed by atoms with Crippen molar-refractivity contribution in [3.63, 3.8) is 0 Å². The lowest BCUT2D eigenvalue weighted by molar-refractivity contribution is 0.122. The molecule has 118 valence electrons. The fraction of sp³-hybridized carbons (Fsp3) is 0.312. The van der Waals surface area contributed by atoms with E-state index in [1.54, 1.807) is 17.8 Å². The SMILES string of the molecule is Cn1c(N2CCOCC2)cc(-c2ccc3[nH]ncc3c2)nc1=O. The maximum absolute atomic E-state index is 12.3. The maximum Gasteiger partial charge on any atom is 0.349 e. The highest BCUT2D eigenvalue weighted by Crippen LogP contribution is 2.24. The van der Waals surface area contributed by atoms with Crippen LogP contribution >= 0.6 is 0 Å². The van der Waals surface area contributed by atoms with Gasteiger partial charge in [-0.3, -0.25) is 9.67 Å². The van der Waals surface area contributed by atoms with Crippen LogP contribution in [0.3, 0.4) is 0 Å². The van der Waals surface area contributed by atoms with Gasteiger partial charge in [-0.1, -0.05) is 6.07 Å². The van der Waals surface area contributed by atoms with Crippen LogP contribution in [0.2, 0.25) is 0 Å². The minimum absolute atomic E-state index is 0.253. The summed E-state index contributed by atoms with van der Waals surface area (Å²) in [5, 5.41) is 7.95. The highest BCUT2D eigenvalue weighted by atomic mass is 16.5. The van der Waals surface area contributed by atoms with Gasteiger partial charge >= 0.3 is 5.69 Å². The van der Waals surface area contributed by atoms with E-state index in [2.05, 4.69) is 20.1 Å². The van der Waals surface area contributed by atoms with E-state index in [4.69, 9.17) is 4.74 Å². The molecule has 0 aliphatic carbocycles. The van der Waals surface area contributed by atoms with Gasteiger partial charge < -0.3 is 9.64 Å². The molecular weight excluding hydrogens is 294 g/mol.